The van der Waals surface area contributed by atoms with Crippen LogP contribution in [0.2, 0.25) is 0 Å². The smallest absolute Gasteiger partial charge is 1.00 e. The normalized spacial score (nSPS) is 12.7. The molecule has 15 heteroatoms. The number of aliphatic carboxylic acids is 1. The molecule has 0 saturated carbocycles. The molecule has 0 aliphatic carbocycles. The number of aliphatic hydroxyl groups is 1. The average Bonchev–Trinajstić information content (AvgIpc) is 3.48. The Balaban J connectivity index is -0.000000374. The predicted octanol–water partition coefficient (Wildman–Crippen LogP) is 5.43. The van der Waals surface area contributed by atoms with Crippen molar-refractivity contribution in [1.29, 1.82) is 0 Å². The molecule has 4 atom stereocenters. The molecule has 62 heavy (non-hydrogen) atoms. The number of benzene rings is 3. The fraction of sp³-hybridized carbons (Fsp3) is 0.511. The first-order chi connectivity index (χ1) is 28.3. The number of fused-ring (bicyclic) bond motifs is 1. The third-order valence-electron chi connectivity index (χ3n) is 9.25. The number of hydrogen-bond donors (Lipinski definition) is 5. The van der Waals surface area contributed by atoms with Crippen LogP contribution >= 0.6 is 0 Å². The number of hydrogen-bond acceptors (Lipinski definition) is 9. The molecule has 4 amide bonds. The van der Waals surface area contributed by atoms with Crippen molar-refractivity contribution in [3.05, 3.63) is 107 Å². The fourth-order valence-electron chi connectivity index (χ4n) is 5.49. The van der Waals surface area contributed by atoms with Crippen LogP contribution in [0.3, 0.4) is 0 Å². The molecule has 1 aliphatic heterocycles. The Morgan fingerprint density at radius 2 is 1.08 bits per heavy atom. The summed E-state index contributed by atoms with van der Waals surface area (Å²) in [7, 11) is 0. The number of alkyl carbamates (subject to hydrolysis) is 2. The second-order valence-corrected chi connectivity index (χ2v) is 14.9. The van der Waals surface area contributed by atoms with Crippen LogP contribution in [0.25, 0.3) is 0 Å². The monoisotopic (exact) mass is 872 g/mol. The SMILES string of the molecule is C.CCC[C@H](C)CN.CCC[C@H](C)CN1C(=O)c2ccccc2C1=O.C[C@@H](CCNC(=O)OCc1ccccc1)C(=O)O.C[C@H](CO)CCNC(=O)OCc1ccccc1.[B].[H-].[Na+]. The maximum atomic E-state index is 12.1. The summed E-state index contributed by atoms with van der Waals surface area (Å²) in [5, 5.41) is 22.6. The summed E-state index contributed by atoms with van der Waals surface area (Å²) >= 11 is 0. The van der Waals surface area contributed by atoms with E-state index in [-0.39, 0.29) is 84.4 Å². The number of nitrogens with two attached hydrogens (primary N) is 1. The predicted molar refractivity (Wildman–Crippen MR) is 244 cm³/mol. The summed E-state index contributed by atoms with van der Waals surface area (Å²) in [6, 6.07) is 25.9. The molecule has 0 saturated heterocycles. The minimum atomic E-state index is -0.866. The molecule has 13 nitrogen and oxygen atoms in total. The van der Waals surface area contributed by atoms with Gasteiger partial charge in [-0.1, -0.05) is 135 Å². The largest absolute Gasteiger partial charge is 1.00 e. The maximum Gasteiger partial charge on any atom is 1.00 e. The van der Waals surface area contributed by atoms with E-state index >= 15 is 0 Å². The first kappa shape index (κ1) is 62.1. The van der Waals surface area contributed by atoms with Crippen molar-refractivity contribution < 1.29 is 74.6 Å². The van der Waals surface area contributed by atoms with Gasteiger partial charge in [-0.2, -0.15) is 0 Å². The van der Waals surface area contributed by atoms with Crippen LogP contribution in [0.15, 0.2) is 84.9 Å². The Morgan fingerprint density at radius 3 is 1.45 bits per heavy atom. The zero-order valence-electron chi connectivity index (χ0n) is 38.4. The summed E-state index contributed by atoms with van der Waals surface area (Å²) in [5.74, 6) is -0.340. The molecule has 0 bridgehead atoms. The van der Waals surface area contributed by atoms with Crippen LogP contribution in [0, 0.1) is 23.7 Å². The number of nitrogens with zero attached hydrogens (tertiary/aromatic N) is 1. The molecule has 0 unspecified atom stereocenters. The Labute approximate surface area is 396 Å². The first-order valence-corrected chi connectivity index (χ1v) is 20.7. The van der Waals surface area contributed by atoms with E-state index in [1.165, 1.54) is 17.7 Å². The molecule has 3 radical (unpaired) electrons. The van der Waals surface area contributed by atoms with Crippen LogP contribution in [0.1, 0.15) is 121 Å². The van der Waals surface area contributed by atoms with Gasteiger partial charge in [0.05, 0.1) is 17.0 Å². The second-order valence-electron chi connectivity index (χ2n) is 14.9. The molecule has 6 N–H and O–H groups in total. The zero-order chi connectivity index (χ0) is 44.0. The van der Waals surface area contributed by atoms with Gasteiger partial charge < -0.3 is 37.5 Å². The molecular weight excluding hydrogens is 798 g/mol. The van der Waals surface area contributed by atoms with Gasteiger partial charge in [-0.15, -0.1) is 0 Å². The number of nitrogens with one attached hydrogen (secondary N) is 2. The van der Waals surface area contributed by atoms with E-state index in [1.807, 2.05) is 67.6 Å². The molecule has 0 aromatic heterocycles. The van der Waals surface area contributed by atoms with Gasteiger partial charge in [0.2, 0.25) is 0 Å². The third kappa shape index (κ3) is 27.0. The molecule has 4 rings (SSSR count). The van der Waals surface area contributed by atoms with E-state index in [9.17, 15) is 24.0 Å². The molecule has 3 aromatic carbocycles. The molecule has 339 valence electrons. The summed E-state index contributed by atoms with van der Waals surface area (Å²) in [6.07, 6.45) is 4.83. The van der Waals surface area contributed by atoms with Gasteiger partial charge >= 0.3 is 47.7 Å². The summed E-state index contributed by atoms with van der Waals surface area (Å²) in [5.41, 5.74) is 8.32. The summed E-state index contributed by atoms with van der Waals surface area (Å²) in [6.45, 7) is 14.9. The van der Waals surface area contributed by atoms with E-state index in [2.05, 4.69) is 38.3 Å². The molecule has 1 heterocycles. The average molecular weight is 872 g/mol. The third-order valence-corrected chi connectivity index (χ3v) is 9.25. The Morgan fingerprint density at radius 1 is 0.677 bits per heavy atom. The molecule has 1 aliphatic rings. The molecule has 3 aromatic rings. The van der Waals surface area contributed by atoms with Gasteiger partial charge in [-0.25, -0.2) is 9.59 Å². The number of amides is 4. The first-order valence-electron chi connectivity index (χ1n) is 20.7. The maximum absolute atomic E-state index is 12.1. The van der Waals surface area contributed by atoms with E-state index in [1.54, 1.807) is 31.2 Å². The van der Waals surface area contributed by atoms with E-state index < -0.39 is 24.1 Å². The second kappa shape index (κ2) is 37.4. The Kier molecular flexibility index (Phi) is 37.4. The van der Waals surface area contributed by atoms with Crippen molar-refractivity contribution in [2.45, 2.75) is 101 Å². The van der Waals surface area contributed by atoms with Crippen LogP contribution in [0.4, 0.5) is 9.59 Å². The van der Waals surface area contributed by atoms with Gasteiger partial charge in [0.1, 0.15) is 13.2 Å². The van der Waals surface area contributed by atoms with E-state index in [0.717, 1.165) is 42.9 Å². The van der Waals surface area contributed by atoms with Crippen molar-refractivity contribution in [1.82, 2.24) is 15.5 Å². The van der Waals surface area contributed by atoms with Gasteiger partial charge in [0, 0.05) is 34.7 Å². The molecule has 0 spiro atoms. The fourth-order valence-corrected chi connectivity index (χ4v) is 5.49. The molecule has 0 fully saturated rings. The quantitative estimate of drug-likeness (QED) is 0.0766. The van der Waals surface area contributed by atoms with Gasteiger partial charge in [-0.05, 0) is 73.2 Å². The van der Waals surface area contributed by atoms with Crippen LogP contribution < -0.4 is 45.9 Å². The number of rotatable bonds is 19. The Bertz CT molecular complexity index is 1630. The van der Waals surface area contributed by atoms with Crippen molar-refractivity contribution in [3.8, 4) is 0 Å². The molecular formula is C47H73BN4NaO9. The van der Waals surface area contributed by atoms with Crippen molar-refractivity contribution >= 4 is 38.4 Å². The van der Waals surface area contributed by atoms with Crippen LogP contribution in [-0.4, -0.2) is 86.3 Å². The van der Waals surface area contributed by atoms with E-state index in [4.69, 9.17) is 25.4 Å². The number of carboxylic acid groups (broad SMARTS) is 1. The van der Waals surface area contributed by atoms with Crippen molar-refractivity contribution in [2.24, 2.45) is 29.4 Å². The van der Waals surface area contributed by atoms with Gasteiger partial charge in [0.25, 0.3) is 11.8 Å². The van der Waals surface area contributed by atoms with Crippen LogP contribution in [0.5, 0.6) is 0 Å². The topological polar surface area (TPSA) is 198 Å². The number of carboxylic acids is 1. The number of aliphatic hydroxyl groups excluding tert-OH is 1. The van der Waals surface area contributed by atoms with Gasteiger partial charge in [0.15, 0.2) is 0 Å². The summed E-state index contributed by atoms with van der Waals surface area (Å²) < 4.78 is 10.0. The number of ether oxygens (including phenoxy) is 2. The number of imide groups is 1. The van der Waals surface area contributed by atoms with Crippen LogP contribution in [-0.2, 0) is 27.5 Å². The minimum Gasteiger partial charge on any atom is -1.00 e. The zero-order valence-corrected chi connectivity index (χ0v) is 39.4. The van der Waals surface area contributed by atoms with Crippen molar-refractivity contribution in [3.63, 3.8) is 0 Å². The van der Waals surface area contributed by atoms with Gasteiger partial charge in [-0.3, -0.25) is 19.3 Å². The summed E-state index contributed by atoms with van der Waals surface area (Å²) in [4.78, 5) is 58.6. The Hall–Kier alpha value is -4.21. The minimum absolute atomic E-state index is 0. The number of carbonyl (C=O) groups is 5. The van der Waals surface area contributed by atoms with E-state index in [0.29, 0.717) is 43.1 Å². The van der Waals surface area contributed by atoms with Crippen molar-refractivity contribution in [2.75, 3.05) is 32.8 Å². The standard InChI is InChI=1S/C14H17NO2.C13H17NO4.C13H19NO3.C6H15N.CH4.B.Na.H/c1-3-6-10(2)9-15-13(16)11-7-4-5-8-12(11)14(15)17;1-10(12(15)16)7-8-14-13(17)18-9-11-5-3-2-4-6-11;1-11(9-15)7-8-14-13(16)17-10-12-5-3-2-4-6-12;1-3-4-6(2)5-7;;;;/h4-5,7-8,10H,3,6,9H2,1-2H3;2-6,10H,7-9H2,1H3,(H,14,17)(H,15,16);2-6,11,15H,7-10H2,1H3,(H,14,16);6H,3-5,7H2,1-2H3;1H4;;;/q;;;;;;+1;-1/t2*10-;11-;6-;;;;/m0000..../s1. The number of carbonyl (C=O) groups excluding carboxylic acids is 4.